The Hall–Kier alpha value is -0.730. The van der Waals surface area contributed by atoms with Crippen LogP contribution in [0.5, 0.6) is 0 Å². The Morgan fingerprint density at radius 2 is 2.23 bits per heavy atom. The highest BCUT2D eigenvalue weighted by molar-refractivity contribution is 6.30. The summed E-state index contributed by atoms with van der Waals surface area (Å²) in [6.07, 6.45) is 0. The average Bonchev–Trinajstić information content (AvgIpc) is 2.02. The molecule has 0 atom stereocenters. The highest BCUT2D eigenvalue weighted by Crippen LogP contribution is 2.23. The Balaban J connectivity index is 2.03. The zero-order chi connectivity index (χ0) is 9.26. The summed E-state index contributed by atoms with van der Waals surface area (Å²) >= 11 is 5.90. The molecule has 13 heavy (non-hydrogen) atoms. The third-order valence-corrected chi connectivity index (χ3v) is 2.70. The molecule has 0 aromatic heterocycles. The zero-order valence-electron chi connectivity index (χ0n) is 7.63. The third kappa shape index (κ3) is 1.79. The minimum absolute atomic E-state index is 0.638. The molecular weight excluding hydrogens is 184 g/mol. The topological polar surface area (TPSA) is 15.3 Å². The Bertz CT molecular complexity index is 295. The number of nitrogens with one attached hydrogen (secondary N) is 1. The number of rotatable bonds is 2. The predicted molar refractivity (Wildman–Crippen MR) is 56.5 cm³/mol. The summed E-state index contributed by atoms with van der Waals surface area (Å²) in [6, 6.07) is 8.63. The van der Waals surface area contributed by atoms with Gasteiger partial charge in [0.05, 0.1) is 0 Å². The molecule has 2 nitrogen and oxygen atoms in total. The van der Waals surface area contributed by atoms with Gasteiger partial charge in [-0.2, -0.15) is 0 Å². The summed E-state index contributed by atoms with van der Waals surface area (Å²) in [4.78, 5) is 2.31. The number of anilines is 1. The molecular formula is C10H13ClN2. The van der Waals surface area contributed by atoms with Gasteiger partial charge in [-0.1, -0.05) is 17.7 Å². The van der Waals surface area contributed by atoms with E-state index in [1.807, 2.05) is 25.2 Å². The normalized spacial score (nSPS) is 17.2. The quantitative estimate of drug-likeness (QED) is 0.776. The van der Waals surface area contributed by atoms with Crippen LogP contribution in [0.1, 0.15) is 0 Å². The van der Waals surface area contributed by atoms with E-state index in [2.05, 4.69) is 16.3 Å². The predicted octanol–water partition coefficient (Wildman–Crippen LogP) is 1.75. The van der Waals surface area contributed by atoms with Crippen molar-refractivity contribution in [3.8, 4) is 0 Å². The Morgan fingerprint density at radius 1 is 1.46 bits per heavy atom. The summed E-state index contributed by atoms with van der Waals surface area (Å²) in [6.45, 7) is 2.16. The van der Waals surface area contributed by atoms with Crippen LogP contribution in [0.15, 0.2) is 24.3 Å². The minimum Gasteiger partial charge on any atom is -0.368 e. The molecule has 2 rings (SSSR count). The smallest absolute Gasteiger partial charge is 0.0426 e. The van der Waals surface area contributed by atoms with E-state index in [9.17, 15) is 0 Å². The largest absolute Gasteiger partial charge is 0.368 e. The standard InChI is InChI=1S/C10H13ClN2/c1-12-9-6-13(7-9)10-4-2-3-8(11)5-10/h2-5,9,12H,6-7H2,1H3. The lowest BCUT2D eigenvalue weighted by Gasteiger charge is -2.40. The molecule has 0 aliphatic carbocycles. The highest BCUT2D eigenvalue weighted by atomic mass is 35.5. The van der Waals surface area contributed by atoms with Crippen molar-refractivity contribution in [1.29, 1.82) is 0 Å². The van der Waals surface area contributed by atoms with Crippen LogP contribution in [-0.2, 0) is 0 Å². The van der Waals surface area contributed by atoms with E-state index in [0.717, 1.165) is 18.1 Å². The van der Waals surface area contributed by atoms with Crippen molar-refractivity contribution in [2.24, 2.45) is 0 Å². The molecule has 0 spiro atoms. The van der Waals surface area contributed by atoms with Gasteiger partial charge in [0.25, 0.3) is 0 Å². The van der Waals surface area contributed by atoms with Gasteiger partial charge in [0.1, 0.15) is 0 Å². The number of likely N-dealkylation sites (N-methyl/N-ethyl adjacent to an activating group) is 1. The van der Waals surface area contributed by atoms with Crippen molar-refractivity contribution in [2.45, 2.75) is 6.04 Å². The van der Waals surface area contributed by atoms with Gasteiger partial charge < -0.3 is 10.2 Å². The number of benzene rings is 1. The van der Waals surface area contributed by atoms with E-state index in [1.165, 1.54) is 5.69 Å². The summed E-state index contributed by atoms with van der Waals surface area (Å²) in [7, 11) is 2.00. The highest BCUT2D eigenvalue weighted by Gasteiger charge is 2.24. The maximum absolute atomic E-state index is 5.90. The molecule has 1 heterocycles. The van der Waals surface area contributed by atoms with E-state index in [0.29, 0.717) is 6.04 Å². The molecule has 0 unspecified atom stereocenters. The monoisotopic (exact) mass is 196 g/mol. The van der Waals surface area contributed by atoms with Gasteiger partial charge in [0.2, 0.25) is 0 Å². The van der Waals surface area contributed by atoms with Crippen LogP contribution in [0, 0.1) is 0 Å². The fourth-order valence-electron chi connectivity index (χ4n) is 1.54. The molecule has 1 aromatic rings. The van der Waals surface area contributed by atoms with Crippen molar-refractivity contribution in [3.05, 3.63) is 29.3 Å². The average molecular weight is 197 g/mol. The van der Waals surface area contributed by atoms with Crippen molar-refractivity contribution in [1.82, 2.24) is 5.32 Å². The van der Waals surface area contributed by atoms with Gasteiger partial charge >= 0.3 is 0 Å². The Morgan fingerprint density at radius 3 is 2.85 bits per heavy atom. The van der Waals surface area contributed by atoms with Crippen molar-refractivity contribution in [2.75, 3.05) is 25.0 Å². The second-order valence-corrected chi connectivity index (χ2v) is 3.81. The van der Waals surface area contributed by atoms with Crippen LogP contribution < -0.4 is 10.2 Å². The number of nitrogens with zero attached hydrogens (tertiary/aromatic N) is 1. The van der Waals surface area contributed by atoms with Crippen LogP contribution in [-0.4, -0.2) is 26.2 Å². The first-order chi connectivity index (χ1) is 6.29. The first-order valence-electron chi connectivity index (χ1n) is 4.47. The van der Waals surface area contributed by atoms with Gasteiger partial charge in [0, 0.05) is 29.8 Å². The molecule has 1 N–H and O–H groups in total. The summed E-state index contributed by atoms with van der Waals surface area (Å²) in [5.74, 6) is 0. The van der Waals surface area contributed by atoms with Crippen molar-refractivity contribution >= 4 is 17.3 Å². The number of hydrogen-bond donors (Lipinski definition) is 1. The molecule has 1 aliphatic heterocycles. The molecule has 0 saturated carbocycles. The number of halogens is 1. The Labute approximate surface area is 83.5 Å². The van der Waals surface area contributed by atoms with Gasteiger partial charge in [-0.25, -0.2) is 0 Å². The fourth-order valence-corrected chi connectivity index (χ4v) is 1.73. The number of hydrogen-bond acceptors (Lipinski definition) is 2. The SMILES string of the molecule is CNC1CN(c2cccc(Cl)c2)C1. The van der Waals surface area contributed by atoms with Gasteiger partial charge in [-0.15, -0.1) is 0 Å². The van der Waals surface area contributed by atoms with Crippen LogP contribution >= 0.6 is 11.6 Å². The van der Waals surface area contributed by atoms with E-state index in [-0.39, 0.29) is 0 Å². The lowest BCUT2D eigenvalue weighted by molar-refractivity contribution is 0.450. The van der Waals surface area contributed by atoms with Crippen LogP contribution in [0.4, 0.5) is 5.69 Å². The molecule has 70 valence electrons. The molecule has 3 heteroatoms. The summed E-state index contributed by atoms with van der Waals surface area (Å²) < 4.78 is 0. The maximum Gasteiger partial charge on any atom is 0.0426 e. The zero-order valence-corrected chi connectivity index (χ0v) is 8.38. The van der Waals surface area contributed by atoms with Gasteiger partial charge in [-0.05, 0) is 25.2 Å². The molecule has 1 saturated heterocycles. The molecule has 1 fully saturated rings. The molecule has 0 bridgehead atoms. The maximum atomic E-state index is 5.90. The van der Waals surface area contributed by atoms with Crippen molar-refractivity contribution in [3.63, 3.8) is 0 Å². The van der Waals surface area contributed by atoms with Crippen LogP contribution in [0.2, 0.25) is 5.02 Å². The first-order valence-corrected chi connectivity index (χ1v) is 4.85. The molecule has 1 aromatic carbocycles. The lowest BCUT2D eigenvalue weighted by atomic mass is 10.1. The Kier molecular flexibility index (Phi) is 2.42. The van der Waals surface area contributed by atoms with Crippen LogP contribution in [0.3, 0.4) is 0 Å². The van der Waals surface area contributed by atoms with Crippen LogP contribution in [0.25, 0.3) is 0 Å². The fraction of sp³-hybridized carbons (Fsp3) is 0.400. The van der Waals surface area contributed by atoms with Gasteiger partial charge in [-0.3, -0.25) is 0 Å². The molecule has 0 amide bonds. The van der Waals surface area contributed by atoms with E-state index >= 15 is 0 Å². The molecule has 1 aliphatic rings. The summed E-state index contributed by atoms with van der Waals surface area (Å²) in [5.41, 5.74) is 1.22. The van der Waals surface area contributed by atoms with E-state index in [1.54, 1.807) is 0 Å². The minimum atomic E-state index is 0.638. The van der Waals surface area contributed by atoms with E-state index in [4.69, 9.17) is 11.6 Å². The first kappa shape index (κ1) is 8.85. The van der Waals surface area contributed by atoms with Crippen molar-refractivity contribution < 1.29 is 0 Å². The van der Waals surface area contributed by atoms with E-state index < -0.39 is 0 Å². The second kappa shape index (κ2) is 3.56. The lowest BCUT2D eigenvalue weighted by Crippen LogP contribution is -2.57. The molecule has 0 radical (unpaired) electrons. The van der Waals surface area contributed by atoms with Gasteiger partial charge in [0.15, 0.2) is 0 Å². The second-order valence-electron chi connectivity index (χ2n) is 3.37. The third-order valence-electron chi connectivity index (χ3n) is 2.46. The summed E-state index contributed by atoms with van der Waals surface area (Å²) in [5, 5.41) is 4.05.